The molecule has 3 aromatic carbocycles. The summed E-state index contributed by atoms with van der Waals surface area (Å²) in [6.07, 6.45) is 0. The Balaban J connectivity index is 1.99. The van der Waals surface area contributed by atoms with Crippen LogP contribution < -0.4 is 10.5 Å². The molecule has 1 aromatic heterocycles. The molecule has 16 heteroatoms. The maximum Gasteiger partial charge on any atom is 0.305 e. The van der Waals surface area contributed by atoms with Crippen LogP contribution >= 0.6 is 11.6 Å². The molecule has 0 saturated heterocycles. The minimum Gasteiger partial charge on any atom is -0.372 e. The molecule has 0 atom stereocenters. The van der Waals surface area contributed by atoms with Gasteiger partial charge in [-0.15, -0.1) is 10.2 Å². The predicted octanol–water partition coefficient (Wildman–Crippen LogP) is 6.33. The van der Waals surface area contributed by atoms with Gasteiger partial charge in [-0.3, -0.25) is 39.7 Å². The number of hydrogen-bond acceptors (Lipinski definition) is 11. The van der Waals surface area contributed by atoms with E-state index in [4.69, 9.17) is 11.6 Å². The standard InChI is InChI=1S/C25H21ClN8O7/c1-4-30(5-2)15-6-9-21(28-29-24-19(26)11-17(33(38)39)13-23(24)34(40)41)22(12-15)31-14(3)27-20-8-7-16(32(36)37)10-18(20)25(31)35/h6-13H,4-5H2,1-3H3. The molecule has 1 heterocycles. The van der Waals surface area contributed by atoms with Crippen molar-refractivity contribution < 1.29 is 14.8 Å². The third-order valence-electron chi connectivity index (χ3n) is 6.25. The summed E-state index contributed by atoms with van der Waals surface area (Å²) in [4.78, 5) is 52.0. The number of hydrogen-bond donors (Lipinski definition) is 0. The molecule has 0 aliphatic rings. The second-order valence-corrected chi connectivity index (χ2v) is 9.02. The molecule has 0 saturated carbocycles. The van der Waals surface area contributed by atoms with E-state index in [9.17, 15) is 35.1 Å². The van der Waals surface area contributed by atoms with Gasteiger partial charge in [-0.2, -0.15) is 0 Å². The van der Waals surface area contributed by atoms with Gasteiger partial charge in [-0.25, -0.2) is 4.98 Å². The summed E-state index contributed by atoms with van der Waals surface area (Å²) in [6.45, 7) is 6.74. The molecule has 0 bridgehead atoms. The van der Waals surface area contributed by atoms with Crippen molar-refractivity contribution in [2.75, 3.05) is 18.0 Å². The number of aryl methyl sites for hydroxylation is 1. The molecule has 15 nitrogen and oxygen atoms in total. The normalized spacial score (nSPS) is 11.2. The first kappa shape index (κ1) is 28.7. The highest BCUT2D eigenvalue weighted by Gasteiger charge is 2.24. The van der Waals surface area contributed by atoms with Crippen LogP contribution in [0.2, 0.25) is 5.02 Å². The van der Waals surface area contributed by atoms with Gasteiger partial charge in [0.05, 0.1) is 42.4 Å². The Morgan fingerprint density at radius 1 is 0.902 bits per heavy atom. The minimum atomic E-state index is -0.869. The average Bonchev–Trinajstić information content (AvgIpc) is 2.93. The monoisotopic (exact) mass is 580 g/mol. The van der Waals surface area contributed by atoms with Gasteiger partial charge in [-0.05, 0) is 45.0 Å². The molecule has 4 aromatic rings. The fraction of sp³-hybridized carbons (Fsp3) is 0.200. The second-order valence-electron chi connectivity index (χ2n) is 8.61. The first-order valence-corrected chi connectivity index (χ1v) is 12.5. The Morgan fingerprint density at radius 2 is 1.59 bits per heavy atom. The van der Waals surface area contributed by atoms with Crippen LogP contribution in [0.5, 0.6) is 0 Å². The lowest BCUT2D eigenvalue weighted by molar-refractivity contribution is -0.393. The van der Waals surface area contributed by atoms with Gasteiger partial charge in [0.1, 0.15) is 11.5 Å². The first-order chi connectivity index (χ1) is 19.5. The molecule has 0 aliphatic heterocycles. The van der Waals surface area contributed by atoms with Crippen molar-refractivity contribution in [2.45, 2.75) is 20.8 Å². The lowest BCUT2D eigenvalue weighted by atomic mass is 10.2. The molecule has 41 heavy (non-hydrogen) atoms. The summed E-state index contributed by atoms with van der Waals surface area (Å²) < 4.78 is 1.22. The Labute approximate surface area is 235 Å². The molecule has 0 radical (unpaired) electrons. The number of rotatable bonds is 9. The number of non-ortho nitro benzene ring substituents is 2. The minimum absolute atomic E-state index is 0.00465. The fourth-order valence-electron chi connectivity index (χ4n) is 4.26. The van der Waals surface area contributed by atoms with E-state index in [1.54, 1.807) is 25.1 Å². The second kappa shape index (κ2) is 11.4. The summed E-state index contributed by atoms with van der Waals surface area (Å²) in [5.74, 6) is 0.240. The number of halogens is 1. The van der Waals surface area contributed by atoms with E-state index >= 15 is 0 Å². The third-order valence-corrected chi connectivity index (χ3v) is 6.54. The van der Waals surface area contributed by atoms with Gasteiger partial charge in [0.15, 0.2) is 5.69 Å². The fourth-order valence-corrected chi connectivity index (χ4v) is 4.51. The van der Waals surface area contributed by atoms with Crippen molar-refractivity contribution in [2.24, 2.45) is 10.2 Å². The largest absolute Gasteiger partial charge is 0.372 e. The van der Waals surface area contributed by atoms with E-state index in [1.807, 2.05) is 18.7 Å². The highest BCUT2D eigenvalue weighted by Crippen LogP contribution is 2.40. The zero-order valence-electron chi connectivity index (χ0n) is 21.8. The third kappa shape index (κ3) is 5.56. The number of nitrogens with zero attached hydrogens (tertiary/aromatic N) is 8. The number of nitro groups is 3. The van der Waals surface area contributed by atoms with Crippen LogP contribution in [-0.4, -0.2) is 37.4 Å². The zero-order valence-corrected chi connectivity index (χ0v) is 22.6. The average molecular weight is 581 g/mol. The molecular formula is C25H21ClN8O7. The molecule has 210 valence electrons. The Kier molecular flexibility index (Phi) is 8.00. The highest BCUT2D eigenvalue weighted by molar-refractivity contribution is 6.33. The van der Waals surface area contributed by atoms with Gasteiger partial charge in [0.25, 0.3) is 16.9 Å². The van der Waals surface area contributed by atoms with E-state index in [-0.39, 0.29) is 38.8 Å². The van der Waals surface area contributed by atoms with Crippen molar-refractivity contribution in [3.05, 3.63) is 100 Å². The molecule has 0 amide bonds. The van der Waals surface area contributed by atoms with Crippen LogP contribution in [0, 0.1) is 37.3 Å². The zero-order chi connectivity index (χ0) is 30.0. The van der Waals surface area contributed by atoms with E-state index in [0.29, 0.717) is 18.8 Å². The van der Waals surface area contributed by atoms with Crippen molar-refractivity contribution >= 4 is 56.6 Å². The number of nitro benzene ring substituents is 3. The molecule has 0 fully saturated rings. The topological polar surface area (TPSA) is 192 Å². The van der Waals surface area contributed by atoms with Gasteiger partial charge >= 0.3 is 5.69 Å². The van der Waals surface area contributed by atoms with E-state index in [1.165, 1.54) is 16.7 Å². The van der Waals surface area contributed by atoms with Crippen LogP contribution in [-0.2, 0) is 0 Å². The summed E-state index contributed by atoms with van der Waals surface area (Å²) in [5.41, 5.74) is -1.39. The summed E-state index contributed by atoms with van der Waals surface area (Å²) >= 11 is 6.12. The lowest BCUT2D eigenvalue weighted by Crippen LogP contribution is -2.24. The van der Waals surface area contributed by atoms with Gasteiger partial charge in [0.2, 0.25) is 0 Å². The predicted molar refractivity (Wildman–Crippen MR) is 151 cm³/mol. The molecule has 0 N–H and O–H groups in total. The SMILES string of the molecule is CCN(CC)c1ccc(N=Nc2c(Cl)cc([N+](=O)[O-])cc2[N+](=O)[O-])c(-n2c(C)nc3ccc([N+](=O)[O-])cc3c2=O)c1. The van der Waals surface area contributed by atoms with Gasteiger partial charge < -0.3 is 4.90 Å². The van der Waals surface area contributed by atoms with E-state index < -0.39 is 37.4 Å². The molecule has 0 unspecified atom stereocenters. The quantitative estimate of drug-likeness (QED) is 0.123. The van der Waals surface area contributed by atoms with Crippen LogP contribution in [0.25, 0.3) is 16.6 Å². The van der Waals surface area contributed by atoms with Crippen LogP contribution in [0.3, 0.4) is 0 Å². The summed E-state index contributed by atoms with van der Waals surface area (Å²) in [6, 6.07) is 10.3. The first-order valence-electron chi connectivity index (χ1n) is 12.1. The summed E-state index contributed by atoms with van der Waals surface area (Å²) in [7, 11) is 0. The van der Waals surface area contributed by atoms with Gasteiger partial charge in [-0.1, -0.05) is 11.6 Å². The Morgan fingerprint density at radius 3 is 2.20 bits per heavy atom. The Bertz CT molecular complexity index is 1820. The number of anilines is 1. The van der Waals surface area contributed by atoms with E-state index in [0.717, 1.165) is 18.2 Å². The van der Waals surface area contributed by atoms with Crippen molar-refractivity contribution in [1.29, 1.82) is 0 Å². The molecule has 0 aliphatic carbocycles. The molecule has 0 spiro atoms. The number of benzene rings is 3. The van der Waals surface area contributed by atoms with Crippen molar-refractivity contribution in [3.63, 3.8) is 0 Å². The smallest absolute Gasteiger partial charge is 0.305 e. The van der Waals surface area contributed by atoms with Crippen LogP contribution in [0.1, 0.15) is 19.7 Å². The van der Waals surface area contributed by atoms with Crippen LogP contribution in [0.4, 0.5) is 34.1 Å². The number of aromatic nitrogens is 2. The summed E-state index contributed by atoms with van der Waals surface area (Å²) in [5, 5.41) is 41.9. The maximum atomic E-state index is 13.7. The Hall–Kier alpha value is -5.31. The van der Waals surface area contributed by atoms with Crippen molar-refractivity contribution in [1.82, 2.24) is 9.55 Å². The van der Waals surface area contributed by atoms with E-state index in [2.05, 4.69) is 15.2 Å². The number of azo groups is 1. The molecular weight excluding hydrogens is 560 g/mol. The highest BCUT2D eigenvalue weighted by atomic mass is 35.5. The number of fused-ring (bicyclic) bond motifs is 1. The van der Waals surface area contributed by atoms with Gasteiger partial charge in [0, 0.05) is 37.0 Å². The van der Waals surface area contributed by atoms with Crippen LogP contribution in [0.15, 0.2) is 63.6 Å². The lowest BCUT2D eigenvalue weighted by Gasteiger charge is -2.23. The molecule has 4 rings (SSSR count). The maximum absolute atomic E-state index is 13.7. The van der Waals surface area contributed by atoms with Crippen molar-refractivity contribution in [3.8, 4) is 5.69 Å².